The highest BCUT2D eigenvalue weighted by Gasteiger charge is 1.98. The van der Waals surface area contributed by atoms with Gasteiger partial charge in [-0.05, 0) is 30.2 Å². The van der Waals surface area contributed by atoms with Gasteiger partial charge in [0.05, 0.1) is 0 Å². The van der Waals surface area contributed by atoms with Crippen LogP contribution in [-0.4, -0.2) is 13.1 Å². The average molecular weight is 255 g/mol. The minimum Gasteiger partial charge on any atom is -0.313 e. The molecule has 0 unspecified atom stereocenters. The first-order chi connectivity index (χ1) is 9.36. The first kappa shape index (κ1) is 13.5. The van der Waals surface area contributed by atoms with Crippen molar-refractivity contribution in [2.45, 2.75) is 6.42 Å². The Kier molecular flexibility index (Phi) is 5.32. The van der Waals surface area contributed by atoms with E-state index >= 15 is 0 Å². The fraction of sp³-hybridized carbons (Fsp3) is 0.176. The summed E-state index contributed by atoms with van der Waals surface area (Å²) in [6.45, 7) is 1.57. The summed E-state index contributed by atoms with van der Waals surface area (Å²) in [5.74, 6) is -0.121. The minimum absolute atomic E-state index is 0.121. The lowest BCUT2D eigenvalue weighted by Gasteiger charge is -2.03. The van der Waals surface area contributed by atoms with Crippen LogP contribution >= 0.6 is 0 Å². The second-order valence-corrected chi connectivity index (χ2v) is 4.36. The van der Waals surface area contributed by atoms with E-state index in [9.17, 15) is 4.39 Å². The van der Waals surface area contributed by atoms with Gasteiger partial charge in [0.15, 0.2) is 0 Å². The van der Waals surface area contributed by atoms with Crippen LogP contribution in [0.3, 0.4) is 0 Å². The zero-order chi connectivity index (χ0) is 13.3. The summed E-state index contributed by atoms with van der Waals surface area (Å²) in [7, 11) is 0. The molecule has 0 aromatic heterocycles. The van der Waals surface area contributed by atoms with Gasteiger partial charge in [0, 0.05) is 6.54 Å². The van der Waals surface area contributed by atoms with Crippen LogP contribution in [0.25, 0.3) is 6.08 Å². The van der Waals surface area contributed by atoms with Crippen LogP contribution in [-0.2, 0) is 6.42 Å². The molecule has 0 spiro atoms. The molecule has 1 nitrogen and oxygen atoms in total. The quantitative estimate of drug-likeness (QED) is 0.777. The van der Waals surface area contributed by atoms with Crippen LogP contribution in [0.15, 0.2) is 60.7 Å². The fourth-order valence-electron chi connectivity index (χ4n) is 1.87. The van der Waals surface area contributed by atoms with Gasteiger partial charge >= 0.3 is 0 Å². The van der Waals surface area contributed by atoms with Crippen molar-refractivity contribution in [1.82, 2.24) is 5.32 Å². The monoisotopic (exact) mass is 255 g/mol. The van der Waals surface area contributed by atoms with Crippen molar-refractivity contribution in [3.8, 4) is 0 Å². The van der Waals surface area contributed by atoms with Crippen molar-refractivity contribution in [3.63, 3.8) is 0 Å². The van der Waals surface area contributed by atoms with Gasteiger partial charge in [-0.15, -0.1) is 0 Å². The molecule has 1 N–H and O–H groups in total. The number of benzene rings is 2. The highest BCUT2D eigenvalue weighted by atomic mass is 19.1. The number of hydrogen-bond acceptors (Lipinski definition) is 1. The topological polar surface area (TPSA) is 12.0 Å². The van der Waals surface area contributed by atoms with Gasteiger partial charge in [-0.2, -0.15) is 0 Å². The van der Waals surface area contributed by atoms with Gasteiger partial charge < -0.3 is 5.32 Å². The molecule has 2 heteroatoms. The lowest BCUT2D eigenvalue weighted by molar-refractivity contribution is 0.603. The Bertz CT molecular complexity index is 520. The van der Waals surface area contributed by atoms with E-state index in [0.717, 1.165) is 18.7 Å². The van der Waals surface area contributed by atoms with Gasteiger partial charge in [0.2, 0.25) is 0 Å². The van der Waals surface area contributed by atoms with E-state index in [0.29, 0.717) is 6.42 Å². The SMILES string of the molecule is Fc1ccccc1CCNCC=Cc1ccccc1. The molecule has 0 fully saturated rings. The van der Waals surface area contributed by atoms with Crippen LogP contribution < -0.4 is 5.32 Å². The maximum absolute atomic E-state index is 13.3. The summed E-state index contributed by atoms with van der Waals surface area (Å²) < 4.78 is 13.3. The number of rotatable bonds is 6. The van der Waals surface area contributed by atoms with Crippen LogP contribution in [0.4, 0.5) is 4.39 Å². The highest BCUT2D eigenvalue weighted by Crippen LogP contribution is 2.06. The molecule has 0 aliphatic rings. The third kappa shape index (κ3) is 4.68. The Hall–Kier alpha value is -1.93. The van der Waals surface area contributed by atoms with E-state index in [-0.39, 0.29) is 5.82 Å². The largest absolute Gasteiger partial charge is 0.313 e. The van der Waals surface area contributed by atoms with Gasteiger partial charge in [0.25, 0.3) is 0 Å². The third-order valence-electron chi connectivity index (χ3n) is 2.90. The maximum Gasteiger partial charge on any atom is 0.126 e. The lowest BCUT2D eigenvalue weighted by Crippen LogP contribution is -2.17. The summed E-state index contributed by atoms with van der Waals surface area (Å²) >= 11 is 0. The van der Waals surface area contributed by atoms with E-state index in [1.54, 1.807) is 6.07 Å². The zero-order valence-corrected chi connectivity index (χ0v) is 10.9. The molecule has 0 atom stereocenters. The molecular weight excluding hydrogens is 237 g/mol. The second-order valence-electron chi connectivity index (χ2n) is 4.36. The number of hydrogen-bond donors (Lipinski definition) is 1. The Balaban J connectivity index is 1.68. The molecule has 0 aliphatic heterocycles. The molecule has 0 saturated heterocycles. The van der Waals surface area contributed by atoms with E-state index in [1.807, 2.05) is 30.3 Å². The molecule has 2 aromatic carbocycles. The van der Waals surface area contributed by atoms with Gasteiger partial charge in [-0.3, -0.25) is 0 Å². The molecule has 0 bridgehead atoms. The third-order valence-corrected chi connectivity index (χ3v) is 2.90. The van der Waals surface area contributed by atoms with Crippen molar-refractivity contribution in [2.75, 3.05) is 13.1 Å². The Morgan fingerprint density at radius 2 is 1.68 bits per heavy atom. The van der Waals surface area contributed by atoms with Crippen molar-refractivity contribution < 1.29 is 4.39 Å². The summed E-state index contributed by atoms with van der Waals surface area (Å²) in [6, 6.07) is 17.1. The highest BCUT2D eigenvalue weighted by molar-refractivity contribution is 5.48. The summed E-state index contributed by atoms with van der Waals surface area (Å²) in [5, 5.41) is 3.28. The smallest absolute Gasteiger partial charge is 0.126 e. The van der Waals surface area contributed by atoms with Crippen LogP contribution in [0.2, 0.25) is 0 Å². The molecule has 98 valence electrons. The summed E-state index contributed by atoms with van der Waals surface area (Å²) in [5.41, 5.74) is 1.96. The average Bonchev–Trinajstić information content (AvgIpc) is 2.45. The second kappa shape index (κ2) is 7.49. The predicted molar refractivity (Wildman–Crippen MR) is 78.4 cm³/mol. The number of nitrogens with one attached hydrogen (secondary N) is 1. The van der Waals surface area contributed by atoms with Crippen molar-refractivity contribution in [2.24, 2.45) is 0 Å². The van der Waals surface area contributed by atoms with E-state index in [4.69, 9.17) is 0 Å². The van der Waals surface area contributed by atoms with Gasteiger partial charge in [-0.25, -0.2) is 4.39 Å². The van der Waals surface area contributed by atoms with Crippen LogP contribution in [0.5, 0.6) is 0 Å². The lowest BCUT2D eigenvalue weighted by atomic mass is 10.1. The molecule has 0 amide bonds. The normalized spacial score (nSPS) is 11.0. The summed E-state index contributed by atoms with van der Waals surface area (Å²) in [6.07, 6.45) is 4.87. The molecule has 0 heterocycles. The number of halogens is 1. The molecule has 0 aliphatic carbocycles. The molecule has 2 rings (SSSR count). The molecule has 2 aromatic rings. The van der Waals surface area contributed by atoms with Crippen molar-refractivity contribution >= 4 is 6.08 Å². The van der Waals surface area contributed by atoms with Gasteiger partial charge in [-0.1, -0.05) is 60.7 Å². The van der Waals surface area contributed by atoms with Crippen molar-refractivity contribution in [1.29, 1.82) is 0 Å². The van der Waals surface area contributed by atoms with E-state index in [2.05, 4.69) is 29.6 Å². The fourth-order valence-corrected chi connectivity index (χ4v) is 1.87. The van der Waals surface area contributed by atoms with Crippen molar-refractivity contribution in [3.05, 3.63) is 77.6 Å². The standard InChI is InChI=1S/C17H18FN/c18-17-11-5-4-10-16(17)12-14-19-13-6-9-15-7-2-1-3-8-15/h1-11,19H,12-14H2. The van der Waals surface area contributed by atoms with Crippen LogP contribution in [0.1, 0.15) is 11.1 Å². The minimum atomic E-state index is -0.121. The Morgan fingerprint density at radius 1 is 0.947 bits per heavy atom. The summed E-state index contributed by atoms with van der Waals surface area (Å²) in [4.78, 5) is 0. The van der Waals surface area contributed by atoms with E-state index < -0.39 is 0 Å². The molecule has 19 heavy (non-hydrogen) atoms. The van der Waals surface area contributed by atoms with Gasteiger partial charge in [0.1, 0.15) is 5.82 Å². The molecular formula is C17H18FN. The van der Waals surface area contributed by atoms with E-state index in [1.165, 1.54) is 11.6 Å². The Morgan fingerprint density at radius 3 is 2.47 bits per heavy atom. The Labute approximate surface area is 113 Å². The first-order valence-corrected chi connectivity index (χ1v) is 6.52. The van der Waals surface area contributed by atoms with Crippen LogP contribution in [0, 0.1) is 5.82 Å². The molecule has 0 saturated carbocycles. The first-order valence-electron chi connectivity index (χ1n) is 6.52. The predicted octanol–water partition coefficient (Wildman–Crippen LogP) is 3.67. The zero-order valence-electron chi connectivity index (χ0n) is 10.9. The molecule has 0 radical (unpaired) electrons. The maximum atomic E-state index is 13.3.